The van der Waals surface area contributed by atoms with E-state index in [1.54, 1.807) is 0 Å². The number of phosphoric ester groups is 2. The zero-order chi connectivity index (χ0) is 78.5. The Hall–Kier alpha value is -1.94. The SMILES string of the molecule is CCCCCCCCCCCCCCCCCCCCCCC(=O)O[C@H](COC(=O)CCCCCCCCCCCCCCCCC(C)CC)COP(=O)(O)OC[C@@H](O)COP(=O)(O)OC[C@@H](COC(=O)CCCCCCCCCCC(C)CC)OC(=O)CCCCCCCCCCCCCCCCCCC. The lowest BCUT2D eigenvalue weighted by Gasteiger charge is -2.21. The summed E-state index contributed by atoms with van der Waals surface area (Å²) in [5, 5.41) is 10.7. The van der Waals surface area contributed by atoms with Gasteiger partial charge in [0.1, 0.15) is 19.3 Å². The van der Waals surface area contributed by atoms with E-state index in [0.29, 0.717) is 25.7 Å². The van der Waals surface area contributed by atoms with Gasteiger partial charge in [0.05, 0.1) is 26.4 Å². The van der Waals surface area contributed by atoms with Gasteiger partial charge in [0.25, 0.3) is 0 Å². The van der Waals surface area contributed by atoms with E-state index in [-0.39, 0.29) is 25.7 Å². The monoisotopic (exact) mass is 1560 g/mol. The summed E-state index contributed by atoms with van der Waals surface area (Å²) in [4.78, 5) is 73.3. The minimum atomic E-state index is -4.97. The molecule has 0 fully saturated rings. The standard InChI is InChI=1S/C88H172O17P2/c1-7-11-13-15-17-19-21-23-25-27-28-29-31-33-39-43-47-55-61-67-72-87(92)104-83(76-98-85(90)70-64-58-52-45-41-37-35-34-36-40-44-50-56-62-68-80(5)9-3)78-102-106(94,95)100-74-82(89)75-101-107(96,97)103-79-84(77-99-86(91)71-65-59-53-49-48-51-57-63-69-81(6)10-4)105-88(93)73-66-60-54-46-42-38-32-30-26-24-22-20-18-16-14-12-8-2/h80-84,89H,7-79H2,1-6H3,(H,94,95)(H,96,97)/t80?,81?,82-,83-,84-/m1/s1. The van der Waals surface area contributed by atoms with E-state index in [4.69, 9.17) is 37.0 Å². The Balaban J connectivity index is 5.26. The highest BCUT2D eigenvalue weighted by Crippen LogP contribution is 2.45. The summed E-state index contributed by atoms with van der Waals surface area (Å²) in [6.07, 6.45) is 72.1. The van der Waals surface area contributed by atoms with Gasteiger partial charge in [0.2, 0.25) is 0 Å². The molecule has 0 saturated heterocycles. The lowest BCUT2D eigenvalue weighted by molar-refractivity contribution is -0.161. The molecule has 4 unspecified atom stereocenters. The number of hydrogen-bond acceptors (Lipinski definition) is 15. The van der Waals surface area contributed by atoms with Crippen molar-refractivity contribution in [2.45, 2.75) is 490 Å². The van der Waals surface area contributed by atoms with Gasteiger partial charge in [0.15, 0.2) is 12.2 Å². The van der Waals surface area contributed by atoms with Gasteiger partial charge in [0, 0.05) is 25.7 Å². The molecular formula is C88H172O17P2. The second kappa shape index (κ2) is 79.3. The van der Waals surface area contributed by atoms with Crippen LogP contribution >= 0.6 is 15.6 Å². The maximum atomic E-state index is 13.2. The van der Waals surface area contributed by atoms with Crippen LogP contribution in [0.3, 0.4) is 0 Å². The van der Waals surface area contributed by atoms with Crippen molar-refractivity contribution in [2.24, 2.45) is 11.8 Å². The number of carbonyl (C=O) groups is 4. The molecule has 0 amide bonds. The van der Waals surface area contributed by atoms with E-state index >= 15 is 0 Å². The molecule has 0 aliphatic heterocycles. The summed E-state index contributed by atoms with van der Waals surface area (Å²) in [6.45, 7) is 9.75. The molecular weight excluding hydrogens is 1390 g/mol. The highest BCUT2D eigenvalue weighted by molar-refractivity contribution is 7.47. The van der Waals surface area contributed by atoms with E-state index in [2.05, 4.69) is 41.5 Å². The molecule has 17 nitrogen and oxygen atoms in total. The van der Waals surface area contributed by atoms with Crippen LogP contribution in [0.2, 0.25) is 0 Å². The molecule has 0 aromatic rings. The number of aliphatic hydroxyl groups excluding tert-OH is 1. The Labute approximate surface area is 658 Å². The zero-order valence-electron chi connectivity index (χ0n) is 70.5. The first-order chi connectivity index (χ1) is 51.9. The van der Waals surface area contributed by atoms with Crippen LogP contribution in [0.15, 0.2) is 0 Å². The normalized spacial score (nSPS) is 14.3. The Kier molecular flexibility index (Phi) is 77.9. The fraction of sp³-hybridized carbons (Fsp3) is 0.955. The van der Waals surface area contributed by atoms with Crippen LogP contribution in [-0.4, -0.2) is 96.7 Å². The molecule has 0 saturated carbocycles. The first-order valence-corrected chi connectivity index (χ1v) is 48.6. The smallest absolute Gasteiger partial charge is 0.462 e. The summed E-state index contributed by atoms with van der Waals surface area (Å²) in [5.41, 5.74) is 0. The van der Waals surface area contributed by atoms with Crippen molar-refractivity contribution >= 4 is 39.5 Å². The summed E-state index contributed by atoms with van der Waals surface area (Å²) >= 11 is 0. The van der Waals surface area contributed by atoms with E-state index in [1.807, 2.05) is 0 Å². The predicted octanol–water partition coefficient (Wildman–Crippen LogP) is 27.0. The Morgan fingerprint density at radius 1 is 0.262 bits per heavy atom. The summed E-state index contributed by atoms with van der Waals surface area (Å²) in [7, 11) is -9.93. The third kappa shape index (κ3) is 79.1. The highest BCUT2D eigenvalue weighted by atomic mass is 31.2. The zero-order valence-corrected chi connectivity index (χ0v) is 72.2. The fourth-order valence-corrected chi connectivity index (χ4v) is 15.3. The number of aliphatic hydroxyl groups is 1. The predicted molar refractivity (Wildman–Crippen MR) is 442 cm³/mol. The molecule has 0 radical (unpaired) electrons. The van der Waals surface area contributed by atoms with Crippen molar-refractivity contribution in [2.75, 3.05) is 39.6 Å². The first kappa shape index (κ1) is 105. The number of phosphoric acid groups is 2. The maximum absolute atomic E-state index is 13.2. The van der Waals surface area contributed by atoms with E-state index in [1.165, 1.54) is 289 Å². The summed E-state index contributed by atoms with van der Waals surface area (Å²) < 4.78 is 69.0. The van der Waals surface area contributed by atoms with Gasteiger partial charge in [-0.15, -0.1) is 0 Å². The lowest BCUT2D eigenvalue weighted by atomic mass is 9.99. The van der Waals surface area contributed by atoms with E-state index in [9.17, 15) is 43.2 Å². The van der Waals surface area contributed by atoms with Crippen LogP contribution in [0.4, 0.5) is 0 Å². The molecule has 0 bridgehead atoms. The number of hydrogen-bond donors (Lipinski definition) is 3. The maximum Gasteiger partial charge on any atom is 0.472 e. The van der Waals surface area contributed by atoms with Crippen LogP contribution in [0.5, 0.6) is 0 Å². The lowest BCUT2D eigenvalue weighted by Crippen LogP contribution is -2.30. The van der Waals surface area contributed by atoms with Gasteiger partial charge in [-0.1, -0.05) is 420 Å². The molecule has 0 rings (SSSR count). The largest absolute Gasteiger partial charge is 0.472 e. The van der Waals surface area contributed by atoms with Crippen molar-refractivity contribution in [3.05, 3.63) is 0 Å². The molecule has 0 aliphatic rings. The number of unbranched alkanes of at least 4 members (excludes halogenated alkanes) is 55. The van der Waals surface area contributed by atoms with Crippen LogP contribution in [0.25, 0.3) is 0 Å². The van der Waals surface area contributed by atoms with Crippen LogP contribution in [-0.2, 0) is 65.4 Å². The Morgan fingerprint density at radius 3 is 0.664 bits per heavy atom. The molecule has 0 aliphatic carbocycles. The van der Waals surface area contributed by atoms with Gasteiger partial charge < -0.3 is 33.8 Å². The molecule has 0 aromatic heterocycles. The Morgan fingerprint density at radius 2 is 0.449 bits per heavy atom. The van der Waals surface area contributed by atoms with Crippen molar-refractivity contribution in [3.63, 3.8) is 0 Å². The molecule has 636 valence electrons. The molecule has 0 aromatic carbocycles. The molecule has 0 heterocycles. The molecule has 0 spiro atoms. The number of ether oxygens (including phenoxy) is 4. The number of rotatable bonds is 87. The summed E-state index contributed by atoms with van der Waals surface area (Å²) in [5.74, 6) is -0.471. The average molecular weight is 1560 g/mol. The topological polar surface area (TPSA) is 237 Å². The van der Waals surface area contributed by atoms with Gasteiger partial charge in [-0.3, -0.25) is 37.3 Å². The fourth-order valence-electron chi connectivity index (χ4n) is 13.7. The second-order valence-corrected chi connectivity index (χ2v) is 35.0. The van der Waals surface area contributed by atoms with Crippen molar-refractivity contribution in [1.29, 1.82) is 0 Å². The van der Waals surface area contributed by atoms with Crippen molar-refractivity contribution in [1.82, 2.24) is 0 Å². The van der Waals surface area contributed by atoms with Crippen molar-refractivity contribution in [3.8, 4) is 0 Å². The van der Waals surface area contributed by atoms with E-state index in [0.717, 1.165) is 102 Å². The van der Waals surface area contributed by atoms with Gasteiger partial charge in [-0.2, -0.15) is 0 Å². The van der Waals surface area contributed by atoms with Crippen molar-refractivity contribution < 1.29 is 80.2 Å². The number of carbonyl (C=O) groups excluding carboxylic acids is 4. The van der Waals surface area contributed by atoms with Gasteiger partial charge in [-0.05, 0) is 37.5 Å². The minimum Gasteiger partial charge on any atom is -0.462 e. The molecule has 19 heteroatoms. The first-order valence-electron chi connectivity index (χ1n) is 45.6. The average Bonchev–Trinajstić information content (AvgIpc) is 0.902. The third-order valence-corrected chi connectivity index (χ3v) is 23.3. The molecule has 7 atom stereocenters. The summed E-state index contributed by atoms with van der Waals surface area (Å²) in [6, 6.07) is 0. The quantitative estimate of drug-likeness (QED) is 0.0222. The number of esters is 4. The van der Waals surface area contributed by atoms with Gasteiger partial charge in [-0.25, -0.2) is 9.13 Å². The minimum absolute atomic E-state index is 0.108. The Bertz CT molecular complexity index is 2050. The van der Waals surface area contributed by atoms with E-state index < -0.39 is 97.5 Å². The second-order valence-electron chi connectivity index (χ2n) is 32.1. The molecule has 3 N–H and O–H groups in total. The van der Waals surface area contributed by atoms with Crippen LogP contribution < -0.4 is 0 Å². The van der Waals surface area contributed by atoms with Crippen LogP contribution in [0, 0.1) is 11.8 Å². The third-order valence-electron chi connectivity index (χ3n) is 21.4. The molecule has 107 heavy (non-hydrogen) atoms. The highest BCUT2D eigenvalue weighted by Gasteiger charge is 2.31. The van der Waals surface area contributed by atoms with Gasteiger partial charge >= 0.3 is 39.5 Å². The van der Waals surface area contributed by atoms with Crippen LogP contribution in [0.1, 0.15) is 472 Å².